The molecule has 0 bridgehead atoms. The number of rotatable bonds is 5. The number of carbonyl (C=O) groups excluding carboxylic acids is 1. The quantitative estimate of drug-likeness (QED) is 0.922. The Morgan fingerprint density at radius 1 is 1.09 bits per heavy atom. The van der Waals surface area contributed by atoms with E-state index in [9.17, 15) is 9.90 Å². The van der Waals surface area contributed by atoms with Gasteiger partial charge in [-0.1, -0.05) is 12.1 Å². The number of phenolic OH excluding ortho intramolecular Hbond substituents is 1. The van der Waals surface area contributed by atoms with Crippen LogP contribution in [0.1, 0.15) is 15.9 Å². The van der Waals surface area contributed by atoms with Crippen LogP contribution in [0.4, 0.5) is 5.69 Å². The zero-order valence-corrected chi connectivity index (χ0v) is 13.9. The van der Waals surface area contributed by atoms with Crippen molar-refractivity contribution in [1.82, 2.24) is 4.90 Å². The first-order valence-corrected chi connectivity index (χ1v) is 7.31. The Balaban J connectivity index is 2.10. The molecule has 0 saturated carbocycles. The van der Waals surface area contributed by atoms with E-state index in [1.807, 2.05) is 43.3 Å². The molecule has 0 aliphatic carbocycles. The molecule has 2 aromatic rings. The fourth-order valence-corrected chi connectivity index (χ4v) is 2.27. The van der Waals surface area contributed by atoms with Gasteiger partial charge in [0.25, 0.3) is 5.91 Å². The van der Waals surface area contributed by atoms with Crippen LogP contribution < -0.4 is 9.64 Å². The summed E-state index contributed by atoms with van der Waals surface area (Å²) in [5.74, 6) is 0.201. The topological polar surface area (TPSA) is 53.0 Å². The molecule has 2 rings (SSSR count). The first kappa shape index (κ1) is 16.7. The molecule has 0 unspecified atom stereocenters. The van der Waals surface area contributed by atoms with Crippen LogP contribution in [-0.2, 0) is 6.54 Å². The summed E-state index contributed by atoms with van der Waals surface area (Å²) in [7, 11) is 7.19. The highest BCUT2D eigenvalue weighted by Gasteiger charge is 2.16. The summed E-state index contributed by atoms with van der Waals surface area (Å²) >= 11 is 0. The summed E-state index contributed by atoms with van der Waals surface area (Å²) in [4.78, 5) is 16.1. The van der Waals surface area contributed by atoms with Crippen molar-refractivity contribution in [3.8, 4) is 11.5 Å². The largest absolute Gasteiger partial charge is 0.507 e. The number of nitrogens with zero attached hydrogens (tertiary/aromatic N) is 2. The number of hydrogen-bond acceptors (Lipinski definition) is 4. The lowest BCUT2D eigenvalue weighted by atomic mass is 10.1. The minimum Gasteiger partial charge on any atom is -0.507 e. The zero-order valence-electron chi connectivity index (χ0n) is 13.9. The van der Waals surface area contributed by atoms with Crippen LogP contribution in [0.3, 0.4) is 0 Å². The standard InChI is InChI=1S/C18H22N2O3/c1-19(2)14-7-5-13(6-8-14)12-20(3)18(22)16-10-9-15(23-4)11-17(16)21/h5-11,21H,12H2,1-4H3. The summed E-state index contributed by atoms with van der Waals surface area (Å²) < 4.78 is 5.03. The van der Waals surface area contributed by atoms with Crippen molar-refractivity contribution in [2.75, 3.05) is 33.2 Å². The Bertz CT molecular complexity index is 681. The summed E-state index contributed by atoms with van der Waals surface area (Å²) in [5.41, 5.74) is 2.40. The Morgan fingerprint density at radius 2 is 1.74 bits per heavy atom. The predicted octanol–water partition coefficient (Wildman–Crippen LogP) is 2.74. The molecule has 0 atom stereocenters. The van der Waals surface area contributed by atoms with Crippen molar-refractivity contribution in [2.24, 2.45) is 0 Å². The Kier molecular flexibility index (Phi) is 5.11. The summed E-state index contributed by atoms with van der Waals surface area (Å²) in [6, 6.07) is 12.7. The fraction of sp³-hybridized carbons (Fsp3) is 0.278. The highest BCUT2D eigenvalue weighted by Crippen LogP contribution is 2.25. The Hall–Kier alpha value is -2.69. The highest BCUT2D eigenvalue weighted by molar-refractivity contribution is 5.96. The van der Waals surface area contributed by atoms with E-state index < -0.39 is 0 Å². The number of phenols is 1. The lowest BCUT2D eigenvalue weighted by molar-refractivity contribution is 0.0782. The van der Waals surface area contributed by atoms with Crippen molar-refractivity contribution in [3.05, 3.63) is 53.6 Å². The number of aromatic hydroxyl groups is 1. The molecule has 23 heavy (non-hydrogen) atoms. The van der Waals surface area contributed by atoms with Gasteiger partial charge in [-0.15, -0.1) is 0 Å². The van der Waals surface area contributed by atoms with Crippen LogP contribution in [-0.4, -0.2) is 44.2 Å². The number of methoxy groups -OCH3 is 1. The summed E-state index contributed by atoms with van der Waals surface area (Å²) in [6.07, 6.45) is 0. The van der Waals surface area contributed by atoms with Crippen molar-refractivity contribution < 1.29 is 14.6 Å². The molecule has 0 heterocycles. The van der Waals surface area contributed by atoms with E-state index in [1.165, 1.54) is 13.2 Å². The van der Waals surface area contributed by atoms with E-state index in [2.05, 4.69) is 0 Å². The predicted molar refractivity (Wildman–Crippen MR) is 91.2 cm³/mol. The normalized spacial score (nSPS) is 10.3. The van der Waals surface area contributed by atoms with Gasteiger partial charge in [-0.3, -0.25) is 4.79 Å². The maximum atomic E-state index is 12.5. The molecule has 1 amide bonds. The van der Waals surface area contributed by atoms with Crippen molar-refractivity contribution >= 4 is 11.6 Å². The minimum atomic E-state index is -0.234. The molecule has 0 radical (unpaired) electrons. The van der Waals surface area contributed by atoms with Crippen LogP contribution in [0.25, 0.3) is 0 Å². The molecule has 0 fully saturated rings. The second-order valence-corrected chi connectivity index (χ2v) is 5.61. The van der Waals surface area contributed by atoms with Gasteiger partial charge in [0.05, 0.1) is 12.7 Å². The Labute approximate surface area is 136 Å². The number of ether oxygens (including phenoxy) is 1. The highest BCUT2D eigenvalue weighted by atomic mass is 16.5. The third kappa shape index (κ3) is 3.94. The van der Waals surface area contributed by atoms with Gasteiger partial charge >= 0.3 is 0 Å². The van der Waals surface area contributed by atoms with Crippen LogP contribution in [0, 0.1) is 0 Å². The van der Waals surface area contributed by atoms with Crippen LogP contribution in [0.15, 0.2) is 42.5 Å². The third-order valence-electron chi connectivity index (χ3n) is 3.65. The van der Waals surface area contributed by atoms with E-state index in [4.69, 9.17) is 4.74 Å². The molecule has 0 aliphatic rings. The van der Waals surface area contributed by atoms with Crippen LogP contribution in [0.5, 0.6) is 11.5 Å². The third-order valence-corrected chi connectivity index (χ3v) is 3.65. The molecule has 2 aromatic carbocycles. The molecule has 122 valence electrons. The molecule has 0 saturated heterocycles. The molecular formula is C18H22N2O3. The molecule has 0 aromatic heterocycles. The van der Waals surface area contributed by atoms with E-state index in [0.29, 0.717) is 12.3 Å². The molecule has 0 aliphatic heterocycles. The number of hydrogen-bond donors (Lipinski definition) is 1. The van der Waals surface area contributed by atoms with Crippen LogP contribution in [0.2, 0.25) is 0 Å². The van der Waals surface area contributed by atoms with Gasteiger partial charge in [0.2, 0.25) is 0 Å². The van der Waals surface area contributed by atoms with Crippen LogP contribution >= 0.6 is 0 Å². The number of anilines is 1. The maximum absolute atomic E-state index is 12.5. The van der Waals surface area contributed by atoms with E-state index in [1.54, 1.807) is 24.1 Å². The van der Waals surface area contributed by atoms with Crippen molar-refractivity contribution in [2.45, 2.75) is 6.54 Å². The zero-order chi connectivity index (χ0) is 17.0. The summed E-state index contributed by atoms with van der Waals surface area (Å²) in [5, 5.41) is 9.97. The average molecular weight is 314 g/mol. The Morgan fingerprint density at radius 3 is 2.26 bits per heavy atom. The fourth-order valence-electron chi connectivity index (χ4n) is 2.27. The number of amides is 1. The van der Waals surface area contributed by atoms with Gasteiger partial charge in [-0.05, 0) is 29.8 Å². The molecule has 5 nitrogen and oxygen atoms in total. The molecule has 5 heteroatoms. The second-order valence-electron chi connectivity index (χ2n) is 5.61. The maximum Gasteiger partial charge on any atom is 0.257 e. The smallest absolute Gasteiger partial charge is 0.257 e. The number of benzene rings is 2. The molecule has 0 spiro atoms. The van der Waals surface area contributed by atoms with Gasteiger partial charge in [-0.2, -0.15) is 0 Å². The van der Waals surface area contributed by atoms with Crippen molar-refractivity contribution in [3.63, 3.8) is 0 Å². The summed E-state index contributed by atoms with van der Waals surface area (Å²) in [6.45, 7) is 0.470. The van der Waals surface area contributed by atoms with Gasteiger partial charge in [0.1, 0.15) is 11.5 Å². The van der Waals surface area contributed by atoms with Gasteiger partial charge in [-0.25, -0.2) is 0 Å². The van der Waals surface area contributed by atoms with Gasteiger partial charge in [0.15, 0.2) is 0 Å². The van der Waals surface area contributed by atoms with E-state index in [0.717, 1.165) is 11.3 Å². The van der Waals surface area contributed by atoms with Gasteiger partial charge < -0.3 is 19.6 Å². The minimum absolute atomic E-state index is 0.0795. The first-order valence-electron chi connectivity index (χ1n) is 7.31. The average Bonchev–Trinajstić information content (AvgIpc) is 2.54. The monoisotopic (exact) mass is 314 g/mol. The SMILES string of the molecule is COc1ccc(C(=O)N(C)Cc2ccc(N(C)C)cc2)c(O)c1. The second kappa shape index (κ2) is 7.05. The van der Waals surface area contributed by atoms with E-state index in [-0.39, 0.29) is 17.2 Å². The first-order chi connectivity index (χ1) is 10.9. The number of carbonyl (C=O) groups is 1. The van der Waals surface area contributed by atoms with Gasteiger partial charge in [0, 0.05) is 39.4 Å². The van der Waals surface area contributed by atoms with E-state index >= 15 is 0 Å². The van der Waals surface area contributed by atoms with Crippen molar-refractivity contribution in [1.29, 1.82) is 0 Å². The molecule has 1 N–H and O–H groups in total. The lowest BCUT2D eigenvalue weighted by Gasteiger charge is -2.19. The molecular weight excluding hydrogens is 292 g/mol. The lowest BCUT2D eigenvalue weighted by Crippen LogP contribution is -2.26.